The Morgan fingerprint density at radius 2 is 1.93 bits per heavy atom. The maximum absolute atomic E-state index is 12.9. The van der Waals surface area contributed by atoms with Gasteiger partial charge < -0.3 is 0 Å². The first-order chi connectivity index (χ1) is 6.57. The maximum Gasteiger partial charge on any atom is 0.248 e. The van der Waals surface area contributed by atoms with E-state index in [9.17, 15) is 8.78 Å². The fourth-order valence-corrected chi connectivity index (χ4v) is 3.19. The van der Waals surface area contributed by atoms with Crippen molar-refractivity contribution in [1.82, 2.24) is 10.2 Å². The number of aromatic nitrogens is 2. The maximum atomic E-state index is 12.9. The molecule has 0 N–H and O–H groups in total. The normalized spacial score (nSPS) is 22.5. The molecule has 14 heavy (non-hydrogen) atoms. The van der Waals surface area contributed by atoms with Crippen LogP contribution in [0.15, 0.2) is 0 Å². The van der Waals surface area contributed by atoms with E-state index in [0.717, 1.165) is 8.02 Å². The molecule has 0 amide bonds. The molecule has 0 spiro atoms. The predicted molar refractivity (Wildman–Crippen MR) is 58.8 cm³/mol. The van der Waals surface area contributed by atoms with Crippen LogP contribution in [-0.4, -0.2) is 16.1 Å². The second kappa shape index (κ2) is 3.96. The van der Waals surface area contributed by atoms with Crippen LogP contribution in [0.1, 0.15) is 36.6 Å². The van der Waals surface area contributed by atoms with E-state index in [2.05, 4.69) is 32.8 Å². The first-order valence-electron chi connectivity index (χ1n) is 4.43. The number of hydrogen-bond acceptors (Lipinski definition) is 3. The highest BCUT2D eigenvalue weighted by Crippen LogP contribution is 2.41. The molecule has 78 valence electrons. The van der Waals surface area contributed by atoms with Gasteiger partial charge in [0.2, 0.25) is 5.92 Å². The van der Waals surface area contributed by atoms with E-state index in [4.69, 9.17) is 0 Å². The number of alkyl halides is 2. The van der Waals surface area contributed by atoms with Crippen LogP contribution in [0.2, 0.25) is 0 Å². The number of nitrogens with zero attached hydrogens (tertiary/aromatic N) is 2. The van der Waals surface area contributed by atoms with E-state index in [1.165, 1.54) is 11.3 Å². The minimum absolute atomic E-state index is 0.00613. The van der Waals surface area contributed by atoms with E-state index in [1.54, 1.807) is 0 Å². The molecule has 1 heterocycles. The lowest BCUT2D eigenvalue weighted by Gasteiger charge is -2.26. The molecule has 2 nitrogen and oxygen atoms in total. The average molecular weight is 330 g/mol. The predicted octanol–water partition coefficient (Wildman–Crippen LogP) is 3.44. The van der Waals surface area contributed by atoms with E-state index in [1.807, 2.05) is 0 Å². The molecular formula is C8H9F2IN2S. The Hall–Kier alpha value is 0.150. The molecule has 0 saturated heterocycles. The second-order valence-corrected chi connectivity index (χ2v) is 6.29. The smallest absolute Gasteiger partial charge is 0.207 e. The molecule has 1 aromatic rings. The van der Waals surface area contributed by atoms with Crippen molar-refractivity contribution >= 4 is 33.9 Å². The highest BCUT2D eigenvalue weighted by molar-refractivity contribution is 14.1. The van der Waals surface area contributed by atoms with Crippen molar-refractivity contribution in [1.29, 1.82) is 0 Å². The summed E-state index contributed by atoms with van der Waals surface area (Å²) in [6.45, 7) is 0. The highest BCUT2D eigenvalue weighted by atomic mass is 127. The molecule has 0 unspecified atom stereocenters. The second-order valence-electron chi connectivity index (χ2n) is 3.52. The fourth-order valence-electron chi connectivity index (χ4n) is 1.67. The standard InChI is InChI=1S/C8H9F2IN2S/c9-8(10)3-1-5(2-4-8)6-12-13-7(11)14-6/h5H,1-4H2. The zero-order chi connectivity index (χ0) is 10.2. The molecule has 1 fully saturated rings. The van der Waals surface area contributed by atoms with Crippen LogP contribution in [0.25, 0.3) is 0 Å². The van der Waals surface area contributed by atoms with Crippen molar-refractivity contribution in [2.24, 2.45) is 0 Å². The van der Waals surface area contributed by atoms with Gasteiger partial charge in [-0.3, -0.25) is 0 Å². The topological polar surface area (TPSA) is 25.8 Å². The monoisotopic (exact) mass is 330 g/mol. The van der Waals surface area contributed by atoms with Gasteiger partial charge in [-0.15, -0.1) is 10.2 Å². The Morgan fingerprint density at radius 3 is 2.43 bits per heavy atom. The summed E-state index contributed by atoms with van der Waals surface area (Å²) in [5.41, 5.74) is 0. The van der Waals surface area contributed by atoms with Crippen LogP contribution in [0.3, 0.4) is 0 Å². The summed E-state index contributed by atoms with van der Waals surface area (Å²) < 4.78 is 26.6. The van der Waals surface area contributed by atoms with E-state index in [0.29, 0.717) is 12.8 Å². The molecule has 0 aliphatic heterocycles. The lowest BCUT2D eigenvalue weighted by atomic mass is 9.87. The van der Waals surface area contributed by atoms with Crippen molar-refractivity contribution in [2.45, 2.75) is 37.5 Å². The average Bonchev–Trinajstić information content (AvgIpc) is 2.52. The molecule has 6 heteroatoms. The molecule has 1 aliphatic rings. The molecule has 1 saturated carbocycles. The molecular weight excluding hydrogens is 321 g/mol. The summed E-state index contributed by atoms with van der Waals surface area (Å²) in [6.07, 6.45) is 1.07. The first-order valence-corrected chi connectivity index (χ1v) is 6.33. The zero-order valence-corrected chi connectivity index (χ0v) is 10.3. The minimum Gasteiger partial charge on any atom is -0.207 e. The van der Waals surface area contributed by atoms with Crippen molar-refractivity contribution in [3.63, 3.8) is 0 Å². The van der Waals surface area contributed by atoms with Gasteiger partial charge in [0, 0.05) is 18.8 Å². The quantitative estimate of drug-likeness (QED) is 0.737. The molecule has 1 aromatic heterocycles. The van der Waals surface area contributed by atoms with Gasteiger partial charge in [-0.2, -0.15) is 0 Å². The van der Waals surface area contributed by atoms with E-state index in [-0.39, 0.29) is 18.8 Å². The van der Waals surface area contributed by atoms with Gasteiger partial charge in [0.15, 0.2) is 3.01 Å². The first kappa shape index (κ1) is 10.7. The van der Waals surface area contributed by atoms with Crippen molar-refractivity contribution < 1.29 is 8.78 Å². The van der Waals surface area contributed by atoms with Crippen LogP contribution in [0.4, 0.5) is 8.78 Å². The van der Waals surface area contributed by atoms with Gasteiger partial charge in [0.1, 0.15) is 5.01 Å². The minimum atomic E-state index is -2.45. The fraction of sp³-hybridized carbons (Fsp3) is 0.750. The van der Waals surface area contributed by atoms with Gasteiger partial charge in [0.25, 0.3) is 0 Å². The molecule has 0 radical (unpaired) electrons. The van der Waals surface area contributed by atoms with Crippen molar-refractivity contribution in [3.8, 4) is 0 Å². The summed E-state index contributed by atoms with van der Waals surface area (Å²) in [5.74, 6) is -2.25. The Balaban J connectivity index is 2.02. The Bertz CT molecular complexity index is 319. The Morgan fingerprint density at radius 1 is 1.29 bits per heavy atom. The number of halogens is 3. The molecule has 2 rings (SSSR count). The van der Waals surface area contributed by atoms with Crippen molar-refractivity contribution in [3.05, 3.63) is 8.02 Å². The lowest BCUT2D eigenvalue weighted by molar-refractivity contribution is -0.0382. The van der Waals surface area contributed by atoms with Gasteiger partial charge >= 0.3 is 0 Å². The van der Waals surface area contributed by atoms with Crippen LogP contribution in [0, 0.1) is 3.01 Å². The van der Waals surface area contributed by atoms with Gasteiger partial charge in [-0.05, 0) is 35.4 Å². The lowest BCUT2D eigenvalue weighted by Crippen LogP contribution is -2.23. The van der Waals surface area contributed by atoms with Crippen molar-refractivity contribution in [2.75, 3.05) is 0 Å². The molecule has 0 atom stereocenters. The third-order valence-electron chi connectivity index (χ3n) is 2.48. The van der Waals surface area contributed by atoms with Crippen LogP contribution in [-0.2, 0) is 0 Å². The van der Waals surface area contributed by atoms with Crippen LogP contribution in [0.5, 0.6) is 0 Å². The summed E-state index contributed by atoms with van der Waals surface area (Å²) in [7, 11) is 0. The summed E-state index contributed by atoms with van der Waals surface area (Å²) in [5, 5.41) is 8.82. The van der Waals surface area contributed by atoms with Crippen LogP contribution >= 0.6 is 33.9 Å². The molecule has 0 aromatic carbocycles. The Kier molecular flexibility index (Phi) is 3.01. The molecule has 0 bridgehead atoms. The molecule has 1 aliphatic carbocycles. The third kappa shape index (κ3) is 2.39. The summed E-state index contributed by atoms with van der Waals surface area (Å²) in [4.78, 5) is 0. The van der Waals surface area contributed by atoms with Gasteiger partial charge in [-0.25, -0.2) is 8.78 Å². The van der Waals surface area contributed by atoms with Gasteiger partial charge in [-0.1, -0.05) is 11.3 Å². The zero-order valence-electron chi connectivity index (χ0n) is 7.34. The Labute approximate surface area is 98.3 Å². The number of hydrogen-bond donors (Lipinski definition) is 0. The van der Waals surface area contributed by atoms with E-state index < -0.39 is 5.92 Å². The number of rotatable bonds is 1. The summed E-state index contributed by atoms with van der Waals surface area (Å²) >= 11 is 3.61. The third-order valence-corrected chi connectivity index (χ3v) is 4.23. The van der Waals surface area contributed by atoms with E-state index >= 15 is 0 Å². The summed E-state index contributed by atoms with van der Waals surface area (Å²) in [6, 6.07) is 0. The SMILES string of the molecule is FC1(F)CCC(c2nnc(I)s2)CC1. The largest absolute Gasteiger partial charge is 0.248 e. The van der Waals surface area contributed by atoms with Crippen LogP contribution < -0.4 is 0 Å². The van der Waals surface area contributed by atoms with Gasteiger partial charge in [0.05, 0.1) is 0 Å². The highest BCUT2D eigenvalue weighted by Gasteiger charge is 2.36.